The molecule has 4 nitrogen and oxygen atoms in total. The zero-order chi connectivity index (χ0) is 11.6. The largest absolute Gasteiger partial charge is 0.394 e. The Hall–Kier alpha value is -0.610. The molecule has 0 aromatic rings. The first-order valence-corrected chi connectivity index (χ1v) is 5.60. The van der Waals surface area contributed by atoms with E-state index < -0.39 is 5.54 Å². The number of amides is 1. The van der Waals surface area contributed by atoms with Crippen LogP contribution in [0.1, 0.15) is 33.6 Å². The van der Waals surface area contributed by atoms with Crippen LogP contribution in [-0.2, 0) is 4.79 Å². The van der Waals surface area contributed by atoms with Gasteiger partial charge in [-0.3, -0.25) is 4.79 Å². The van der Waals surface area contributed by atoms with Crippen molar-refractivity contribution in [2.75, 3.05) is 6.61 Å². The smallest absolute Gasteiger partial charge is 0.240 e. The second-order valence-corrected chi connectivity index (χ2v) is 5.06. The number of nitrogens with one attached hydrogen (secondary N) is 1. The molecule has 0 saturated heterocycles. The summed E-state index contributed by atoms with van der Waals surface area (Å²) in [5.74, 6) is 0.385. The summed E-state index contributed by atoms with van der Waals surface area (Å²) >= 11 is 0. The van der Waals surface area contributed by atoms with E-state index in [0.717, 1.165) is 12.8 Å². The van der Waals surface area contributed by atoms with Gasteiger partial charge in [-0.25, -0.2) is 0 Å². The molecule has 0 radical (unpaired) electrons. The molecule has 2 atom stereocenters. The van der Waals surface area contributed by atoms with Gasteiger partial charge in [-0.05, 0) is 31.6 Å². The fraction of sp³-hybridized carbons (Fsp3) is 0.909. The Morgan fingerprint density at radius 1 is 1.60 bits per heavy atom. The van der Waals surface area contributed by atoms with E-state index in [1.54, 1.807) is 6.92 Å². The number of carbonyl (C=O) groups excluding carboxylic acids is 1. The lowest BCUT2D eigenvalue weighted by Gasteiger charge is -2.28. The highest BCUT2D eigenvalue weighted by molar-refractivity contribution is 5.86. The van der Waals surface area contributed by atoms with Crippen LogP contribution in [0.15, 0.2) is 0 Å². The van der Waals surface area contributed by atoms with Gasteiger partial charge in [0.1, 0.15) is 0 Å². The Kier molecular flexibility index (Phi) is 3.73. The molecule has 1 unspecified atom stereocenters. The van der Waals surface area contributed by atoms with Gasteiger partial charge < -0.3 is 16.2 Å². The average Bonchev–Trinajstić information content (AvgIpc) is 2.95. The third kappa shape index (κ3) is 2.92. The van der Waals surface area contributed by atoms with E-state index in [1.807, 2.05) is 13.8 Å². The lowest BCUT2D eigenvalue weighted by Crippen LogP contribution is -2.57. The van der Waals surface area contributed by atoms with Crippen LogP contribution in [0.5, 0.6) is 0 Å². The SMILES string of the molecule is CC(C)[C@@H](CO)NC(=O)C(C)(N)C1CC1. The van der Waals surface area contributed by atoms with E-state index in [9.17, 15) is 4.79 Å². The van der Waals surface area contributed by atoms with Gasteiger partial charge in [-0.15, -0.1) is 0 Å². The van der Waals surface area contributed by atoms with Crippen molar-refractivity contribution in [3.8, 4) is 0 Å². The number of hydrogen-bond donors (Lipinski definition) is 3. The summed E-state index contributed by atoms with van der Waals surface area (Å²) < 4.78 is 0. The van der Waals surface area contributed by atoms with Crippen molar-refractivity contribution in [3.05, 3.63) is 0 Å². The van der Waals surface area contributed by atoms with Gasteiger partial charge in [0.2, 0.25) is 5.91 Å². The third-order valence-corrected chi connectivity index (χ3v) is 3.23. The summed E-state index contributed by atoms with van der Waals surface area (Å²) in [4.78, 5) is 11.9. The van der Waals surface area contributed by atoms with Gasteiger partial charge in [-0.2, -0.15) is 0 Å². The van der Waals surface area contributed by atoms with Crippen molar-refractivity contribution in [1.29, 1.82) is 0 Å². The van der Waals surface area contributed by atoms with E-state index in [-0.39, 0.29) is 24.5 Å². The molecule has 1 amide bonds. The molecule has 0 heterocycles. The number of aliphatic hydroxyl groups is 1. The number of nitrogens with two attached hydrogens (primary N) is 1. The highest BCUT2D eigenvalue weighted by Gasteiger charge is 2.44. The number of aliphatic hydroxyl groups excluding tert-OH is 1. The lowest BCUT2D eigenvalue weighted by molar-refractivity contribution is -0.127. The second kappa shape index (κ2) is 4.49. The molecule has 0 bridgehead atoms. The second-order valence-electron chi connectivity index (χ2n) is 5.06. The van der Waals surface area contributed by atoms with Crippen LogP contribution >= 0.6 is 0 Å². The van der Waals surface area contributed by atoms with Gasteiger partial charge in [0.15, 0.2) is 0 Å². The van der Waals surface area contributed by atoms with Crippen LogP contribution in [0, 0.1) is 11.8 Å². The molecule has 4 heteroatoms. The van der Waals surface area contributed by atoms with Gasteiger partial charge in [0, 0.05) is 0 Å². The Balaban J connectivity index is 2.53. The Labute approximate surface area is 91.2 Å². The highest BCUT2D eigenvalue weighted by Crippen LogP contribution is 2.38. The first-order chi connectivity index (χ1) is 6.89. The summed E-state index contributed by atoms with van der Waals surface area (Å²) in [6.45, 7) is 5.66. The summed E-state index contributed by atoms with van der Waals surface area (Å²) in [5.41, 5.74) is 5.20. The molecule has 1 aliphatic carbocycles. The summed E-state index contributed by atoms with van der Waals surface area (Å²) in [5, 5.41) is 11.9. The van der Waals surface area contributed by atoms with Gasteiger partial charge in [0.25, 0.3) is 0 Å². The van der Waals surface area contributed by atoms with Crippen LogP contribution in [0.2, 0.25) is 0 Å². The topological polar surface area (TPSA) is 75.3 Å². The monoisotopic (exact) mass is 214 g/mol. The molecular weight excluding hydrogens is 192 g/mol. The Morgan fingerprint density at radius 3 is 2.47 bits per heavy atom. The molecule has 1 aliphatic rings. The number of rotatable bonds is 5. The fourth-order valence-electron chi connectivity index (χ4n) is 1.62. The molecule has 0 spiro atoms. The van der Waals surface area contributed by atoms with Crippen molar-refractivity contribution in [1.82, 2.24) is 5.32 Å². The molecule has 4 N–H and O–H groups in total. The van der Waals surface area contributed by atoms with Gasteiger partial charge in [0.05, 0.1) is 18.2 Å². The minimum Gasteiger partial charge on any atom is -0.394 e. The van der Waals surface area contributed by atoms with E-state index in [1.165, 1.54) is 0 Å². The summed E-state index contributed by atoms with van der Waals surface area (Å²) in [6.07, 6.45) is 2.07. The van der Waals surface area contributed by atoms with E-state index in [0.29, 0.717) is 5.92 Å². The lowest BCUT2D eigenvalue weighted by atomic mass is 9.94. The predicted molar refractivity (Wildman–Crippen MR) is 59.2 cm³/mol. The maximum atomic E-state index is 11.9. The van der Waals surface area contributed by atoms with Crippen molar-refractivity contribution in [3.63, 3.8) is 0 Å². The maximum Gasteiger partial charge on any atom is 0.240 e. The minimum atomic E-state index is -0.775. The molecule has 0 aliphatic heterocycles. The molecule has 0 aromatic carbocycles. The molecular formula is C11H22N2O2. The quantitative estimate of drug-likeness (QED) is 0.614. The first-order valence-electron chi connectivity index (χ1n) is 5.60. The molecule has 15 heavy (non-hydrogen) atoms. The Morgan fingerprint density at radius 2 is 2.13 bits per heavy atom. The maximum absolute atomic E-state index is 11.9. The van der Waals surface area contributed by atoms with E-state index >= 15 is 0 Å². The number of hydrogen-bond acceptors (Lipinski definition) is 3. The van der Waals surface area contributed by atoms with E-state index in [2.05, 4.69) is 5.32 Å². The minimum absolute atomic E-state index is 0.0375. The molecule has 88 valence electrons. The van der Waals surface area contributed by atoms with Crippen LogP contribution in [0.4, 0.5) is 0 Å². The molecule has 1 saturated carbocycles. The van der Waals surface area contributed by atoms with Crippen LogP contribution in [-0.4, -0.2) is 29.2 Å². The van der Waals surface area contributed by atoms with Crippen LogP contribution in [0.25, 0.3) is 0 Å². The van der Waals surface area contributed by atoms with Crippen molar-refractivity contribution in [2.45, 2.75) is 45.2 Å². The normalized spacial score (nSPS) is 22.3. The predicted octanol–water partition coefficient (Wildman–Crippen LogP) is 0.247. The summed E-state index contributed by atoms with van der Waals surface area (Å²) in [7, 11) is 0. The highest BCUT2D eigenvalue weighted by atomic mass is 16.3. The standard InChI is InChI=1S/C11H22N2O2/c1-7(2)9(6-14)13-10(15)11(3,12)8-4-5-8/h7-9,14H,4-6,12H2,1-3H3,(H,13,15)/t9-,11?/m1/s1. The zero-order valence-corrected chi connectivity index (χ0v) is 9.79. The van der Waals surface area contributed by atoms with Gasteiger partial charge >= 0.3 is 0 Å². The number of carbonyl (C=O) groups is 1. The molecule has 1 rings (SSSR count). The average molecular weight is 214 g/mol. The zero-order valence-electron chi connectivity index (χ0n) is 9.79. The third-order valence-electron chi connectivity index (χ3n) is 3.23. The van der Waals surface area contributed by atoms with E-state index in [4.69, 9.17) is 10.8 Å². The summed E-state index contributed by atoms with van der Waals surface area (Å²) in [6, 6.07) is -0.195. The molecule has 0 aromatic heterocycles. The van der Waals surface area contributed by atoms with Crippen molar-refractivity contribution in [2.24, 2.45) is 17.6 Å². The van der Waals surface area contributed by atoms with Crippen LogP contribution < -0.4 is 11.1 Å². The molecule has 1 fully saturated rings. The first kappa shape index (κ1) is 12.5. The van der Waals surface area contributed by atoms with Gasteiger partial charge in [-0.1, -0.05) is 13.8 Å². The van der Waals surface area contributed by atoms with Crippen molar-refractivity contribution >= 4 is 5.91 Å². The van der Waals surface area contributed by atoms with Crippen molar-refractivity contribution < 1.29 is 9.90 Å². The fourth-order valence-corrected chi connectivity index (χ4v) is 1.62. The van der Waals surface area contributed by atoms with Crippen LogP contribution in [0.3, 0.4) is 0 Å². The Bertz CT molecular complexity index is 235.